The first kappa shape index (κ1) is 21.7. The molecule has 0 aliphatic rings. The van der Waals surface area contributed by atoms with Crippen LogP contribution in [0.25, 0.3) is 10.8 Å². The zero-order chi connectivity index (χ0) is 19.0. The van der Waals surface area contributed by atoms with Crippen molar-refractivity contribution in [3.05, 3.63) is 46.4 Å². The van der Waals surface area contributed by atoms with Crippen LogP contribution in [0.2, 0.25) is 0 Å². The van der Waals surface area contributed by atoms with E-state index in [1.165, 1.54) is 4.90 Å². The number of carbonyl (C=O) groups is 1. The molecule has 5 nitrogen and oxygen atoms in total. The molecule has 134 valence electrons. The summed E-state index contributed by atoms with van der Waals surface area (Å²) in [6.07, 6.45) is 0. The normalized spacial score (nSPS) is 9.92. The third-order valence-corrected chi connectivity index (χ3v) is 5.11. The maximum Gasteiger partial charge on any atom is 0.313 e. The summed E-state index contributed by atoms with van der Waals surface area (Å²) >= 11 is 7.48. The van der Waals surface area contributed by atoms with Gasteiger partial charge in [0.05, 0.1) is 12.3 Å². The average molecular weight is 489 g/mol. The summed E-state index contributed by atoms with van der Waals surface area (Å²) in [7, 11) is 0. The number of carboxylic acids is 1. The molecule has 0 aliphatic heterocycles. The molecule has 2 aromatic carbocycles. The van der Waals surface area contributed by atoms with Crippen molar-refractivity contribution >= 4 is 70.3 Å². The molecule has 2 rings (SSSR count). The first-order valence-corrected chi connectivity index (χ1v) is 10.1. The summed E-state index contributed by atoms with van der Waals surface area (Å²) in [5.41, 5.74) is 0.952. The van der Waals surface area contributed by atoms with Gasteiger partial charge in [-0.15, -0.1) is 0 Å². The van der Waals surface area contributed by atoms with Gasteiger partial charge in [-0.3, -0.25) is 20.5 Å². The Hall–Kier alpha value is -1.38. The fraction of sp³-hybridized carbons (Fsp3) is 0.235. The molecular weight excluding hydrogens is 470 g/mol. The van der Waals surface area contributed by atoms with Crippen LogP contribution in [-0.4, -0.2) is 31.6 Å². The summed E-state index contributed by atoms with van der Waals surface area (Å²) in [5.74, 6) is -1.20. The molecule has 0 aliphatic carbocycles. The number of hydrogen-bond acceptors (Lipinski definition) is 4. The van der Waals surface area contributed by atoms with E-state index in [2.05, 4.69) is 31.9 Å². The van der Waals surface area contributed by atoms with E-state index in [0.717, 1.165) is 32.6 Å². The predicted molar refractivity (Wildman–Crippen MR) is 113 cm³/mol. The van der Waals surface area contributed by atoms with Crippen LogP contribution in [0.4, 0.5) is 0 Å². The summed E-state index contributed by atoms with van der Waals surface area (Å²) in [6.45, 7) is 4.31. The van der Waals surface area contributed by atoms with Gasteiger partial charge in [0.1, 0.15) is 0 Å². The highest BCUT2D eigenvalue weighted by atomic mass is 79.9. The molecule has 2 aromatic rings. The first-order valence-electron chi connectivity index (χ1n) is 7.51. The van der Waals surface area contributed by atoms with Crippen molar-refractivity contribution in [2.24, 2.45) is 0 Å². The largest absolute Gasteiger partial charge is 0.481 e. The van der Waals surface area contributed by atoms with Crippen molar-refractivity contribution in [3.8, 4) is 0 Å². The highest BCUT2D eigenvalue weighted by Gasteiger charge is 2.17. The average Bonchev–Trinajstić information content (AvgIpc) is 2.61. The van der Waals surface area contributed by atoms with Gasteiger partial charge in [0.15, 0.2) is 9.91 Å². The first-order chi connectivity index (χ1) is 11.9. The van der Waals surface area contributed by atoms with Crippen molar-refractivity contribution in [2.75, 3.05) is 5.75 Å². The molecule has 25 heavy (non-hydrogen) atoms. The highest BCUT2D eigenvalue weighted by Crippen LogP contribution is 2.28. The molecule has 0 atom stereocenters. The van der Waals surface area contributed by atoms with E-state index in [1.807, 2.05) is 50.2 Å². The zero-order valence-corrected chi connectivity index (χ0v) is 17.8. The number of nitrogens with one attached hydrogen (secondary N) is 2. The van der Waals surface area contributed by atoms with Crippen LogP contribution in [0.3, 0.4) is 0 Å². The topological polar surface area (TPSA) is 88.2 Å². The monoisotopic (exact) mass is 487 g/mol. The second-order valence-corrected chi connectivity index (χ2v) is 7.19. The number of thioether (sulfide) groups is 1. The molecule has 0 heterocycles. The molecule has 0 amide bonds. The van der Waals surface area contributed by atoms with Crippen LogP contribution in [0, 0.1) is 10.8 Å². The minimum absolute atomic E-state index is 0.0151. The number of hydrogen-bond donors (Lipinski definition) is 3. The van der Waals surface area contributed by atoms with E-state index in [0.29, 0.717) is 6.54 Å². The summed E-state index contributed by atoms with van der Waals surface area (Å²) in [4.78, 5) is 12.1. The van der Waals surface area contributed by atoms with Crippen molar-refractivity contribution in [2.45, 2.75) is 20.4 Å². The van der Waals surface area contributed by atoms with Crippen molar-refractivity contribution in [3.63, 3.8) is 0 Å². The van der Waals surface area contributed by atoms with Gasteiger partial charge in [0.2, 0.25) is 0 Å². The Morgan fingerprint density at radius 2 is 1.76 bits per heavy atom. The van der Waals surface area contributed by atoms with Gasteiger partial charge in [-0.1, -0.05) is 71.9 Å². The lowest BCUT2D eigenvalue weighted by Crippen LogP contribution is -2.31. The highest BCUT2D eigenvalue weighted by molar-refractivity contribution is 9.18. The van der Waals surface area contributed by atoms with Gasteiger partial charge in [-0.05, 0) is 38.3 Å². The number of rotatable bonds is 4. The number of halogens is 2. The third kappa shape index (κ3) is 6.13. The van der Waals surface area contributed by atoms with Crippen LogP contribution >= 0.6 is 43.6 Å². The molecule has 8 heteroatoms. The summed E-state index contributed by atoms with van der Waals surface area (Å²) in [5, 5.41) is 26.6. The number of carboxylic acid groups (broad SMARTS) is 1. The van der Waals surface area contributed by atoms with E-state index >= 15 is 0 Å². The van der Waals surface area contributed by atoms with Crippen LogP contribution in [0.1, 0.15) is 19.4 Å². The second-order valence-electron chi connectivity index (χ2n) is 4.62. The molecule has 0 saturated carbocycles. The van der Waals surface area contributed by atoms with Crippen LogP contribution < -0.4 is 0 Å². The number of nitrogens with zero attached hydrogens (tertiary/aromatic N) is 1. The maximum atomic E-state index is 10.7. The number of aliphatic carboxylic acids is 1. The Balaban J connectivity index is 0.00000151. The van der Waals surface area contributed by atoms with Crippen LogP contribution in [0.15, 0.2) is 40.9 Å². The number of amidine groups is 2. The Labute approximate surface area is 168 Å². The fourth-order valence-electron chi connectivity index (χ4n) is 2.07. The smallest absolute Gasteiger partial charge is 0.313 e. The fourth-order valence-corrected chi connectivity index (χ4v) is 3.54. The van der Waals surface area contributed by atoms with Gasteiger partial charge in [0.25, 0.3) is 0 Å². The van der Waals surface area contributed by atoms with E-state index in [4.69, 9.17) is 15.9 Å². The molecule has 0 fully saturated rings. The van der Waals surface area contributed by atoms with Gasteiger partial charge in [-0.2, -0.15) is 0 Å². The Kier molecular flexibility index (Phi) is 9.16. The lowest BCUT2D eigenvalue weighted by Gasteiger charge is -2.22. The molecule has 0 bridgehead atoms. The van der Waals surface area contributed by atoms with Crippen molar-refractivity contribution in [1.82, 2.24) is 4.90 Å². The predicted octanol–water partition coefficient (Wildman–Crippen LogP) is 5.51. The van der Waals surface area contributed by atoms with Gasteiger partial charge < -0.3 is 5.11 Å². The van der Waals surface area contributed by atoms with Crippen LogP contribution in [-0.2, 0) is 11.3 Å². The SMILES string of the molecule is CC.N=C(Br)N(Cc1ccc(Br)c2ccccc12)C(=N)SCC(=O)O. The quantitative estimate of drug-likeness (QED) is 0.300. The van der Waals surface area contributed by atoms with Gasteiger partial charge in [-0.25, -0.2) is 0 Å². The van der Waals surface area contributed by atoms with Crippen LogP contribution in [0.5, 0.6) is 0 Å². The van der Waals surface area contributed by atoms with E-state index in [1.54, 1.807) is 0 Å². The number of benzene rings is 2. The number of fused-ring (bicyclic) bond motifs is 1. The molecule has 0 saturated heterocycles. The van der Waals surface area contributed by atoms with Crippen molar-refractivity contribution < 1.29 is 9.90 Å². The molecule has 0 aromatic heterocycles. The molecule has 0 unspecified atom stereocenters. The van der Waals surface area contributed by atoms with Gasteiger partial charge >= 0.3 is 5.97 Å². The lowest BCUT2D eigenvalue weighted by molar-refractivity contribution is -0.133. The zero-order valence-electron chi connectivity index (χ0n) is 13.8. The summed E-state index contributed by atoms with van der Waals surface area (Å²) in [6, 6.07) is 11.7. The van der Waals surface area contributed by atoms with Crippen molar-refractivity contribution in [1.29, 1.82) is 10.8 Å². The minimum atomic E-state index is -0.991. The standard InChI is InChI=1S/C15H13Br2N3O2S.C2H6/c16-12-6-5-9(10-3-1-2-4-11(10)12)7-20(14(17)18)15(19)23-8-13(21)22;1-2/h1-6,18-19H,7-8H2,(H,21,22);1-2H3. The molecule has 3 N–H and O–H groups in total. The lowest BCUT2D eigenvalue weighted by atomic mass is 10.0. The van der Waals surface area contributed by atoms with E-state index < -0.39 is 5.97 Å². The Bertz CT molecular complexity index is 784. The maximum absolute atomic E-state index is 10.7. The molecule has 0 radical (unpaired) electrons. The van der Waals surface area contributed by atoms with Gasteiger partial charge in [0, 0.05) is 4.47 Å². The van der Waals surface area contributed by atoms with E-state index in [-0.39, 0.29) is 15.7 Å². The minimum Gasteiger partial charge on any atom is -0.481 e. The Morgan fingerprint density at radius 1 is 1.16 bits per heavy atom. The molecular formula is C17H19Br2N3O2S. The Morgan fingerprint density at radius 3 is 2.32 bits per heavy atom. The summed E-state index contributed by atoms with van der Waals surface area (Å²) < 4.78 is 1.00. The second kappa shape index (κ2) is 10.6. The van der Waals surface area contributed by atoms with E-state index in [9.17, 15) is 4.79 Å². The molecule has 0 spiro atoms. The third-order valence-electron chi connectivity index (χ3n) is 3.10.